The van der Waals surface area contributed by atoms with Crippen molar-refractivity contribution >= 4 is 23.0 Å². The van der Waals surface area contributed by atoms with Crippen LogP contribution in [0.5, 0.6) is 0 Å². The number of hydrogen-bond acceptors (Lipinski definition) is 3. The summed E-state index contributed by atoms with van der Waals surface area (Å²) in [7, 11) is 0. The van der Waals surface area contributed by atoms with Gasteiger partial charge in [0.15, 0.2) is 0 Å². The molecular weight excluding hydrogens is 254 g/mol. The van der Waals surface area contributed by atoms with E-state index in [-0.39, 0.29) is 0 Å². The van der Waals surface area contributed by atoms with E-state index >= 15 is 0 Å². The van der Waals surface area contributed by atoms with Crippen LogP contribution in [0.15, 0.2) is 12.1 Å². The molecule has 1 aromatic heterocycles. The van der Waals surface area contributed by atoms with Gasteiger partial charge in [-0.25, -0.2) is 4.98 Å². The van der Waals surface area contributed by atoms with Crippen LogP contribution in [0.1, 0.15) is 50.3 Å². The van der Waals surface area contributed by atoms with Crippen molar-refractivity contribution in [1.82, 2.24) is 4.98 Å². The molecule has 0 aliphatic heterocycles. The third-order valence-corrected chi connectivity index (χ3v) is 4.08. The Morgan fingerprint density at radius 2 is 2.11 bits per heavy atom. The molecule has 104 valence electrons. The van der Waals surface area contributed by atoms with Crippen LogP contribution in [0.25, 0.3) is 0 Å². The molecule has 1 heterocycles. The van der Waals surface area contributed by atoms with Gasteiger partial charge < -0.3 is 11.1 Å². The summed E-state index contributed by atoms with van der Waals surface area (Å²) in [5, 5.41) is 3.55. The van der Waals surface area contributed by atoms with E-state index in [2.05, 4.69) is 17.2 Å². The maximum atomic E-state index is 5.70. The molecule has 0 radical (unpaired) electrons. The van der Waals surface area contributed by atoms with Crippen molar-refractivity contribution in [2.45, 2.75) is 52.0 Å². The van der Waals surface area contributed by atoms with Crippen molar-refractivity contribution in [3.05, 3.63) is 23.4 Å². The lowest BCUT2D eigenvalue weighted by Gasteiger charge is -2.18. The number of nitrogens with zero attached hydrogens (tertiary/aromatic N) is 1. The molecule has 0 aromatic carbocycles. The van der Waals surface area contributed by atoms with Gasteiger partial charge in [0.25, 0.3) is 0 Å². The van der Waals surface area contributed by atoms with Crippen LogP contribution >= 0.6 is 12.2 Å². The smallest absolute Gasteiger partial charge is 0.127 e. The normalized spacial score (nSPS) is 23.7. The minimum Gasteiger partial charge on any atom is -0.389 e. The number of rotatable bonds is 3. The summed E-state index contributed by atoms with van der Waals surface area (Å²) in [4.78, 5) is 4.97. The molecule has 0 amide bonds. The second kappa shape index (κ2) is 6.33. The highest BCUT2D eigenvalue weighted by molar-refractivity contribution is 7.80. The Balaban J connectivity index is 2.07. The van der Waals surface area contributed by atoms with Gasteiger partial charge in [-0.3, -0.25) is 0 Å². The molecule has 2 rings (SSSR count). The van der Waals surface area contributed by atoms with Crippen molar-refractivity contribution in [1.29, 1.82) is 0 Å². The van der Waals surface area contributed by atoms with Gasteiger partial charge in [-0.15, -0.1) is 0 Å². The predicted molar refractivity (Wildman–Crippen MR) is 84.5 cm³/mol. The number of hydrogen-bond donors (Lipinski definition) is 2. The number of nitrogens with one attached hydrogen (secondary N) is 1. The summed E-state index contributed by atoms with van der Waals surface area (Å²) < 4.78 is 0. The van der Waals surface area contributed by atoms with Gasteiger partial charge in [-0.2, -0.15) is 0 Å². The number of thiocarbonyl (C=S) groups is 1. The minimum atomic E-state index is 0.433. The van der Waals surface area contributed by atoms with Gasteiger partial charge in [0, 0.05) is 17.3 Å². The first-order valence-electron chi connectivity index (χ1n) is 7.09. The molecule has 1 aromatic rings. The van der Waals surface area contributed by atoms with Crippen LogP contribution in [-0.2, 0) is 0 Å². The van der Waals surface area contributed by atoms with Gasteiger partial charge in [0.2, 0.25) is 0 Å². The van der Waals surface area contributed by atoms with Gasteiger partial charge in [-0.05, 0) is 44.2 Å². The highest BCUT2D eigenvalue weighted by atomic mass is 32.1. The van der Waals surface area contributed by atoms with E-state index in [0.29, 0.717) is 11.0 Å². The standard InChI is InChI=1S/C15H23N3S/c1-10-4-3-5-13(7-6-10)18-14-9-12(15(16)19)8-11(2)17-14/h8-10,13H,3-7H2,1-2H3,(H2,16,19)(H,17,18). The van der Waals surface area contributed by atoms with Crippen LogP contribution in [0.2, 0.25) is 0 Å². The second-order valence-electron chi connectivity index (χ2n) is 5.70. The van der Waals surface area contributed by atoms with Crippen LogP contribution in [0.3, 0.4) is 0 Å². The SMILES string of the molecule is Cc1cc(C(N)=S)cc(NC2CCCC(C)CC2)n1. The summed E-state index contributed by atoms with van der Waals surface area (Å²) in [5.41, 5.74) is 7.55. The zero-order valence-electron chi connectivity index (χ0n) is 11.8. The highest BCUT2D eigenvalue weighted by Crippen LogP contribution is 2.25. The average molecular weight is 277 g/mol. The molecule has 0 saturated heterocycles. The third kappa shape index (κ3) is 4.16. The van der Waals surface area contributed by atoms with Gasteiger partial charge in [0.1, 0.15) is 10.8 Å². The number of nitrogens with two attached hydrogens (primary N) is 1. The lowest BCUT2D eigenvalue weighted by atomic mass is 10.0. The Morgan fingerprint density at radius 3 is 2.84 bits per heavy atom. The van der Waals surface area contributed by atoms with Gasteiger partial charge in [-0.1, -0.05) is 32.0 Å². The Bertz CT molecular complexity index is 459. The molecule has 0 bridgehead atoms. The zero-order valence-corrected chi connectivity index (χ0v) is 12.6. The van der Waals surface area contributed by atoms with Crippen LogP contribution < -0.4 is 11.1 Å². The van der Waals surface area contributed by atoms with Crippen molar-refractivity contribution in [2.24, 2.45) is 11.7 Å². The first kappa shape index (κ1) is 14.3. The monoisotopic (exact) mass is 277 g/mol. The fourth-order valence-electron chi connectivity index (χ4n) is 2.73. The zero-order chi connectivity index (χ0) is 13.8. The molecule has 2 atom stereocenters. The largest absolute Gasteiger partial charge is 0.389 e. The van der Waals surface area contributed by atoms with E-state index in [9.17, 15) is 0 Å². The maximum Gasteiger partial charge on any atom is 0.127 e. The fourth-order valence-corrected chi connectivity index (χ4v) is 2.84. The molecular formula is C15H23N3S. The molecule has 1 fully saturated rings. The molecule has 3 N–H and O–H groups in total. The summed E-state index contributed by atoms with van der Waals surface area (Å²) in [6.45, 7) is 4.32. The molecule has 1 saturated carbocycles. The van der Waals surface area contributed by atoms with E-state index in [4.69, 9.17) is 18.0 Å². The average Bonchev–Trinajstić information content (AvgIpc) is 2.54. The van der Waals surface area contributed by atoms with Crippen LogP contribution in [0, 0.1) is 12.8 Å². The molecule has 1 aliphatic rings. The molecule has 19 heavy (non-hydrogen) atoms. The Hall–Kier alpha value is -1.16. The molecule has 3 nitrogen and oxygen atoms in total. The van der Waals surface area contributed by atoms with Crippen molar-refractivity contribution < 1.29 is 0 Å². The summed E-state index contributed by atoms with van der Waals surface area (Å²) in [6.07, 6.45) is 6.39. The highest BCUT2D eigenvalue weighted by Gasteiger charge is 2.16. The number of anilines is 1. The lowest BCUT2D eigenvalue weighted by molar-refractivity contribution is 0.502. The van der Waals surface area contributed by atoms with Crippen LogP contribution in [0.4, 0.5) is 5.82 Å². The number of aromatic nitrogens is 1. The van der Waals surface area contributed by atoms with E-state index in [1.54, 1.807) is 0 Å². The van der Waals surface area contributed by atoms with E-state index in [1.165, 1.54) is 32.1 Å². The fraction of sp³-hybridized carbons (Fsp3) is 0.600. The third-order valence-electron chi connectivity index (χ3n) is 3.85. The minimum absolute atomic E-state index is 0.433. The molecule has 0 spiro atoms. The first-order chi connectivity index (χ1) is 9.04. The van der Waals surface area contributed by atoms with Crippen LogP contribution in [-0.4, -0.2) is 16.0 Å². The summed E-state index contributed by atoms with van der Waals surface area (Å²) >= 11 is 5.05. The Morgan fingerprint density at radius 1 is 1.32 bits per heavy atom. The Kier molecular flexibility index (Phi) is 4.75. The van der Waals surface area contributed by atoms with Crippen molar-refractivity contribution in [3.8, 4) is 0 Å². The number of pyridine rings is 1. The van der Waals surface area contributed by atoms with Gasteiger partial charge >= 0.3 is 0 Å². The summed E-state index contributed by atoms with van der Waals surface area (Å²) in [5.74, 6) is 1.76. The molecule has 2 unspecified atom stereocenters. The lowest BCUT2D eigenvalue weighted by Crippen LogP contribution is -2.20. The van der Waals surface area contributed by atoms with Gasteiger partial charge in [0.05, 0.1) is 0 Å². The quantitative estimate of drug-likeness (QED) is 0.657. The topological polar surface area (TPSA) is 50.9 Å². The Labute approximate surface area is 121 Å². The van der Waals surface area contributed by atoms with Crippen molar-refractivity contribution in [3.63, 3.8) is 0 Å². The van der Waals surface area contributed by atoms with E-state index in [1.807, 2.05) is 19.1 Å². The summed E-state index contributed by atoms with van der Waals surface area (Å²) in [6, 6.07) is 4.42. The predicted octanol–water partition coefficient (Wildman–Crippen LogP) is 3.40. The number of aryl methyl sites for hydroxylation is 1. The molecule has 1 aliphatic carbocycles. The maximum absolute atomic E-state index is 5.70. The first-order valence-corrected chi connectivity index (χ1v) is 7.50. The molecule has 4 heteroatoms. The second-order valence-corrected chi connectivity index (χ2v) is 6.14. The van der Waals surface area contributed by atoms with E-state index in [0.717, 1.165) is 23.0 Å². The van der Waals surface area contributed by atoms with Crippen molar-refractivity contribution in [2.75, 3.05) is 5.32 Å². The van der Waals surface area contributed by atoms with E-state index < -0.39 is 0 Å².